The van der Waals surface area contributed by atoms with Crippen molar-refractivity contribution in [2.24, 2.45) is 0 Å². The van der Waals surface area contributed by atoms with Crippen molar-refractivity contribution in [3.05, 3.63) is 47.8 Å². The average Bonchev–Trinajstić information content (AvgIpc) is 3.20. The van der Waals surface area contributed by atoms with E-state index in [1.54, 1.807) is 6.20 Å². The third-order valence-corrected chi connectivity index (χ3v) is 4.09. The van der Waals surface area contributed by atoms with E-state index in [1.807, 2.05) is 16.9 Å². The predicted octanol–water partition coefficient (Wildman–Crippen LogP) is 2.73. The Morgan fingerprint density at radius 2 is 2.38 bits per heavy atom. The second kappa shape index (κ2) is 7.97. The molecule has 6 nitrogen and oxygen atoms in total. The molecule has 1 aromatic heterocycles. The van der Waals surface area contributed by atoms with Gasteiger partial charge < -0.3 is 15.4 Å². The smallest absolute Gasteiger partial charge is 0.319 e. The normalized spacial score (nSPS) is 17.0. The maximum Gasteiger partial charge on any atom is 0.319 e. The van der Waals surface area contributed by atoms with Crippen LogP contribution in [0.1, 0.15) is 24.0 Å². The number of rotatable bonds is 6. The van der Waals surface area contributed by atoms with E-state index in [4.69, 9.17) is 4.74 Å². The number of anilines is 1. The first kappa shape index (κ1) is 16.5. The molecule has 2 N–H and O–H groups in total. The number of benzene rings is 1. The molecule has 128 valence electrons. The van der Waals surface area contributed by atoms with E-state index in [1.165, 1.54) is 11.1 Å². The van der Waals surface area contributed by atoms with E-state index in [0.29, 0.717) is 12.2 Å². The Hall–Kier alpha value is -2.34. The molecule has 6 heteroatoms. The van der Waals surface area contributed by atoms with Gasteiger partial charge in [-0.2, -0.15) is 5.10 Å². The molecule has 1 aliphatic rings. The fourth-order valence-electron chi connectivity index (χ4n) is 2.89. The summed E-state index contributed by atoms with van der Waals surface area (Å²) in [5.74, 6) is 0. The van der Waals surface area contributed by atoms with Crippen LogP contribution in [-0.2, 0) is 17.7 Å². The third kappa shape index (κ3) is 4.83. The molecule has 0 aliphatic carbocycles. The Bertz CT molecular complexity index is 677. The molecule has 3 rings (SSSR count). The molecule has 2 heterocycles. The largest absolute Gasteiger partial charge is 0.376 e. The molecule has 1 atom stereocenters. The molecule has 1 fully saturated rings. The number of nitrogens with one attached hydrogen (secondary N) is 2. The average molecular weight is 328 g/mol. The predicted molar refractivity (Wildman–Crippen MR) is 93.1 cm³/mol. The van der Waals surface area contributed by atoms with Crippen molar-refractivity contribution in [1.29, 1.82) is 0 Å². The van der Waals surface area contributed by atoms with Gasteiger partial charge >= 0.3 is 6.03 Å². The van der Waals surface area contributed by atoms with Crippen LogP contribution in [0.2, 0.25) is 0 Å². The summed E-state index contributed by atoms with van der Waals surface area (Å²) in [7, 11) is 0. The van der Waals surface area contributed by atoms with Crippen LogP contribution in [0.25, 0.3) is 0 Å². The molecule has 1 aliphatic heterocycles. The van der Waals surface area contributed by atoms with Crippen molar-refractivity contribution in [2.75, 3.05) is 18.5 Å². The number of urea groups is 1. The number of hydrogen-bond donors (Lipinski definition) is 2. The van der Waals surface area contributed by atoms with E-state index in [9.17, 15) is 4.79 Å². The molecule has 24 heavy (non-hydrogen) atoms. The quantitative estimate of drug-likeness (QED) is 0.857. The number of amides is 2. The summed E-state index contributed by atoms with van der Waals surface area (Å²) in [4.78, 5) is 11.9. The second-order valence-corrected chi connectivity index (χ2v) is 6.21. The lowest BCUT2D eigenvalue weighted by atomic mass is 10.1. The molecule has 1 saturated heterocycles. The molecule has 2 aromatic rings. The minimum atomic E-state index is -0.209. The summed E-state index contributed by atoms with van der Waals surface area (Å²) in [5, 5.41) is 9.94. The van der Waals surface area contributed by atoms with Crippen LogP contribution in [0.15, 0.2) is 36.7 Å². The summed E-state index contributed by atoms with van der Waals surface area (Å²) >= 11 is 0. The Morgan fingerprint density at radius 1 is 1.46 bits per heavy atom. The van der Waals surface area contributed by atoms with Crippen molar-refractivity contribution >= 4 is 11.7 Å². The van der Waals surface area contributed by atoms with Gasteiger partial charge in [0.05, 0.1) is 24.5 Å². The van der Waals surface area contributed by atoms with Crippen molar-refractivity contribution in [1.82, 2.24) is 15.1 Å². The van der Waals surface area contributed by atoms with Gasteiger partial charge in [0.15, 0.2) is 0 Å². The molecule has 1 aromatic carbocycles. The summed E-state index contributed by atoms with van der Waals surface area (Å²) in [5.41, 5.74) is 3.15. The topological polar surface area (TPSA) is 68.2 Å². The number of carbonyl (C=O) groups excluding carboxylic acids is 1. The first-order valence-electron chi connectivity index (χ1n) is 8.43. The third-order valence-electron chi connectivity index (χ3n) is 4.09. The van der Waals surface area contributed by atoms with Gasteiger partial charge in [-0.15, -0.1) is 0 Å². The van der Waals surface area contributed by atoms with Gasteiger partial charge in [-0.25, -0.2) is 4.79 Å². The summed E-state index contributed by atoms with van der Waals surface area (Å²) in [6.45, 7) is 4.23. The van der Waals surface area contributed by atoms with Crippen LogP contribution < -0.4 is 10.6 Å². The van der Waals surface area contributed by atoms with E-state index in [2.05, 4.69) is 40.9 Å². The minimum Gasteiger partial charge on any atom is -0.376 e. The Balaban J connectivity index is 1.40. The van der Waals surface area contributed by atoms with Gasteiger partial charge in [-0.1, -0.05) is 29.8 Å². The van der Waals surface area contributed by atoms with Crippen molar-refractivity contribution in [3.8, 4) is 0 Å². The monoisotopic (exact) mass is 328 g/mol. The lowest BCUT2D eigenvalue weighted by Crippen LogP contribution is -2.30. The summed E-state index contributed by atoms with van der Waals surface area (Å²) < 4.78 is 7.41. The highest BCUT2D eigenvalue weighted by atomic mass is 16.5. The highest BCUT2D eigenvalue weighted by molar-refractivity contribution is 5.88. The lowest BCUT2D eigenvalue weighted by molar-refractivity contribution is 0.0940. The Morgan fingerprint density at radius 3 is 3.17 bits per heavy atom. The van der Waals surface area contributed by atoms with Crippen LogP contribution in [0, 0.1) is 6.92 Å². The number of aromatic nitrogens is 2. The SMILES string of the molecule is Cc1cccc(CCNC(=O)Nc2cnn(C[C@H]3CCCO3)c2)c1. The zero-order valence-corrected chi connectivity index (χ0v) is 14.0. The van der Waals surface area contributed by atoms with Gasteiger partial charge in [0, 0.05) is 19.3 Å². The van der Waals surface area contributed by atoms with Crippen molar-refractivity contribution < 1.29 is 9.53 Å². The fraction of sp³-hybridized carbons (Fsp3) is 0.444. The van der Waals surface area contributed by atoms with E-state index in [0.717, 1.165) is 32.4 Å². The van der Waals surface area contributed by atoms with E-state index < -0.39 is 0 Å². The van der Waals surface area contributed by atoms with Gasteiger partial charge in [0.2, 0.25) is 0 Å². The molecule has 0 spiro atoms. The van der Waals surface area contributed by atoms with E-state index >= 15 is 0 Å². The molecular weight excluding hydrogens is 304 g/mol. The zero-order chi connectivity index (χ0) is 16.8. The van der Waals surface area contributed by atoms with Gasteiger partial charge in [-0.05, 0) is 31.7 Å². The molecule has 0 bridgehead atoms. The first-order chi connectivity index (χ1) is 11.7. The zero-order valence-electron chi connectivity index (χ0n) is 14.0. The van der Waals surface area contributed by atoms with Gasteiger partial charge in [-0.3, -0.25) is 4.68 Å². The van der Waals surface area contributed by atoms with Gasteiger partial charge in [0.1, 0.15) is 0 Å². The number of hydrogen-bond acceptors (Lipinski definition) is 3. The standard InChI is InChI=1S/C18H24N4O2/c1-14-4-2-5-15(10-14)7-8-19-18(23)21-16-11-20-22(12-16)13-17-6-3-9-24-17/h2,4-5,10-12,17H,3,6-9,13H2,1H3,(H2,19,21,23)/t17-/m1/s1. The highest BCUT2D eigenvalue weighted by Gasteiger charge is 2.16. The van der Waals surface area contributed by atoms with Crippen LogP contribution in [-0.4, -0.2) is 35.1 Å². The van der Waals surface area contributed by atoms with E-state index in [-0.39, 0.29) is 12.1 Å². The number of nitrogens with zero attached hydrogens (tertiary/aromatic N) is 2. The fourth-order valence-corrected chi connectivity index (χ4v) is 2.89. The van der Waals surface area contributed by atoms with Gasteiger partial charge in [0.25, 0.3) is 0 Å². The van der Waals surface area contributed by atoms with Crippen LogP contribution >= 0.6 is 0 Å². The molecular formula is C18H24N4O2. The maximum absolute atomic E-state index is 11.9. The summed E-state index contributed by atoms with van der Waals surface area (Å²) in [6, 6.07) is 8.10. The Kier molecular flexibility index (Phi) is 5.48. The van der Waals surface area contributed by atoms with Crippen molar-refractivity contribution in [2.45, 2.75) is 38.8 Å². The van der Waals surface area contributed by atoms with Crippen LogP contribution in [0.3, 0.4) is 0 Å². The molecule has 0 saturated carbocycles. The maximum atomic E-state index is 11.9. The number of aryl methyl sites for hydroxylation is 1. The number of carbonyl (C=O) groups is 1. The van der Waals surface area contributed by atoms with Crippen molar-refractivity contribution in [3.63, 3.8) is 0 Å². The minimum absolute atomic E-state index is 0.209. The summed E-state index contributed by atoms with van der Waals surface area (Å²) in [6.07, 6.45) is 6.73. The Labute approximate surface area is 142 Å². The number of ether oxygens (including phenoxy) is 1. The highest BCUT2D eigenvalue weighted by Crippen LogP contribution is 2.14. The molecule has 2 amide bonds. The molecule has 0 unspecified atom stereocenters. The first-order valence-corrected chi connectivity index (χ1v) is 8.43. The van der Waals surface area contributed by atoms with Crippen LogP contribution in [0.5, 0.6) is 0 Å². The molecule has 0 radical (unpaired) electrons. The van der Waals surface area contributed by atoms with Crippen LogP contribution in [0.4, 0.5) is 10.5 Å². The second-order valence-electron chi connectivity index (χ2n) is 6.21. The lowest BCUT2D eigenvalue weighted by Gasteiger charge is -2.08.